The predicted molar refractivity (Wildman–Crippen MR) is 163 cm³/mol. The highest BCUT2D eigenvalue weighted by atomic mass is 35.5. The second-order valence-electron chi connectivity index (χ2n) is 12.5. The molecule has 6 unspecified atom stereocenters. The molecule has 3 aromatic rings. The average molecular weight is 595 g/mol. The topological polar surface area (TPSA) is 95.0 Å². The second-order valence-corrected chi connectivity index (χ2v) is 12.9. The molecule has 7 nitrogen and oxygen atoms in total. The van der Waals surface area contributed by atoms with E-state index in [-0.39, 0.29) is 35.8 Å². The number of para-hydroxylation sites is 1. The first-order chi connectivity index (χ1) is 20.5. The lowest BCUT2D eigenvalue weighted by Gasteiger charge is -2.49. The summed E-state index contributed by atoms with van der Waals surface area (Å²) in [6.07, 6.45) is 2.69. The number of carbonyl (C=O) groups is 4. The molecular formula is C35H31ClN2O5. The van der Waals surface area contributed by atoms with E-state index in [0.717, 1.165) is 11.1 Å². The van der Waals surface area contributed by atoms with Crippen LogP contribution in [0.4, 0.5) is 11.4 Å². The number of halogens is 1. The summed E-state index contributed by atoms with van der Waals surface area (Å²) in [6.45, 7) is 5.50. The lowest BCUT2D eigenvalue weighted by atomic mass is 9.51. The zero-order chi connectivity index (χ0) is 30.4. The molecule has 43 heavy (non-hydrogen) atoms. The summed E-state index contributed by atoms with van der Waals surface area (Å²) in [5.74, 6) is -3.75. The number of benzene rings is 3. The Kier molecular flexibility index (Phi) is 6.19. The number of nitrogens with zero attached hydrogens (tertiary/aromatic N) is 2. The SMILES string of the molecule is Cc1cc(C2C3=CCC4C(=O)N(c5ccc(Cl)cc5)C(=O)C4C3CC3C(=O)N(c4ccccc4)C(=O)C32C)cc(C)c1O. The summed E-state index contributed by atoms with van der Waals surface area (Å²) < 4.78 is 0. The maximum atomic E-state index is 14.5. The molecule has 2 aliphatic carbocycles. The summed E-state index contributed by atoms with van der Waals surface area (Å²) in [4.78, 5) is 59.1. The average Bonchev–Trinajstić information content (AvgIpc) is 3.36. The van der Waals surface area contributed by atoms with Gasteiger partial charge in [0.15, 0.2) is 0 Å². The van der Waals surface area contributed by atoms with E-state index in [0.29, 0.717) is 33.9 Å². The van der Waals surface area contributed by atoms with Crippen LogP contribution < -0.4 is 9.80 Å². The monoisotopic (exact) mass is 594 g/mol. The molecule has 4 amide bonds. The van der Waals surface area contributed by atoms with Crippen LogP contribution in [0.3, 0.4) is 0 Å². The van der Waals surface area contributed by atoms with Gasteiger partial charge in [-0.05, 0) is 92.6 Å². The number of allylic oxidation sites excluding steroid dienone is 2. The van der Waals surface area contributed by atoms with Crippen LogP contribution >= 0.6 is 11.6 Å². The molecule has 3 fully saturated rings. The molecule has 2 saturated heterocycles. The lowest BCUT2D eigenvalue weighted by molar-refractivity contribution is -0.131. The van der Waals surface area contributed by atoms with Gasteiger partial charge in [-0.2, -0.15) is 0 Å². The molecule has 218 valence electrons. The van der Waals surface area contributed by atoms with Crippen molar-refractivity contribution in [2.45, 2.75) is 39.5 Å². The van der Waals surface area contributed by atoms with Gasteiger partial charge in [0.1, 0.15) is 5.75 Å². The molecule has 2 heterocycles. The molecule has 0 aromatic heterocycles. The standard InChI is InChI=1S/C35H31ClN2O5/c1-18-15-20(16-19(2)30(18)39)29-24-13-14-25-28(33(42)37(31(25)40)23-11-9-21(36)10-12-23)26(24)17-27-32(41)38(34(43)35(27,29)3)22-7-5-4-6-8-22/h4-13,15-16,25-29,39H,14,17H2,1-3H3. The van der Waals surface area contributed by atoms with Gasteiger partial charge in [0.25, 0.3) is 0 Å². The Labute approximate surface area is 254 Å². The summed E-state index contributed by atoms with van der Waals surface area (Å²) in [5, 5.41) is 11.1. The second kappa shape index (κ2) is 9.64. The Morgan fingerprint density at radius 1 is 0.814 bits per heavy atom. The van der Waals surface area contributed by atoms with Crippen molar-refractivity contribution in [3.8, 4) is 5.75 Å². The highest BCUT2D eigenvalue weighted by molar-refractivity contribution is 6.31. The van der Waals surface area contributed by atoms with E-state index in [1.807, 2.05) is 45.0 Å². The number of aryl methyl sites for hydroxylation is 2. The van der Waals surface area contributed by atoms with Crippen LogP contribution in [0.1, 0.15) is 42.4 Å². The van der Waals surface area contributed by atoms with E-state index >= 15 is 0 Å². The number of anilines is 2. The molecule has 6 atom stereocenters. The Morgan fingerprint density at radius 2 is 1.44 bits per heavy atom. The van der Waals surface area contributed by atoms with Crippen molar-refractivity contribution in [3.63, 3.8) is 0 Å². The fourth-order valence-electron chi connectivity index (χ4n) is 8.22. The van der Waals surface area contributed by atoms with Crippen molar-refractivity contribution < 1.29 is 24.3 Å². The number of hydrogen-bond acceptors (Lipinski definition) is 5. The molecule has 2 aliphatic heterocycles. The Bertz CT molecular complexity index is 1730. The van der Waals surface area contributed by atoms with E-state index < -0.39 is 35.0 Å². The van der Waals surface area contributed by atoms with Gasteiger partial charge >= 0.3 is 0 Å². The zero-order valence-electron chi connectivity index (χ0n) is 24.1. The van der Waals surface area contributed by atoms with Gasteiger partial charge in [0.2, 0.25) is 23.6 Å². The largest absolute Gasteiger partial charge is 0.507 e. The molecule has 4 aliphatic rings. The van der Waals surface area contributed by atoms with E-state index in [1.165, 1.54) is 9.80 Å². The minimum atomic E-state index is -1.13. The Hall–Kier alpha value is -4.23. The summed E-state index contributed by atoms with van der Waals surface area (Å²) in [6, 6.07) is 19.4. The van der Waals surface area contributed by atoms with E-state index in [4.69, 9.17) is 11.6 Å². The number of rotatable bonds is 3. The first-order valence-corrected chi connectivity index (χ1v) is 15.0. The fourth-order valence-corrected chi connectivity index (χ4v) is 8.35. The van der Waals surface area contributed by atoms with E-state index in [9.17, 15) is 24.3 Å². The predicted octanol–water partition coefficient (Wildman–Crippen LogP) is 6.10. The maximum absolute atomic E-state index is 14.5. The van der Waals surface area contributed by atoms with Crippen molar-refractivity contribution in [1.29, 1.82) is 0 Å². The highest BCUT2D eigenvalue weighted by Gasteiger charge is 2.67. The molecule has 8 heteroatoms. The van der Waals surface area contributed by atoms with Crippen LogP contribution in [0, 0.1) is 42.9 Å². The molecule has 0 bridgehead atoms. The van der Waals surface area contributed by atoms with Gasteiger partial charge < -0.3 is 5.11 Å². The zero-order valence-corrected chi connectivity index (χ0v) is 24.8. The van der Waals surface area contributed by atoms with Gasteiger partial charge in [-0.15, -0.1) is 0 Å². The van der Waals surface area contributed by atoms with Gasteiger partial charge in [0.05, 0.1) is 34.5 Å². The van der Waals surface area contributed by atoms with E-state index in [1.54, 1.807) is 48.5 Å². The molecule has 1 N–H and O–H groups in total. The molecule has 7 rings (SSSR count). The molecule has 0 spiro atoms. The van der Waals surface area contributed by atoms with Gasteiger partial charge in [-0.25, -0.2) is 4.90 Å². The molecule has 3 aromatic carbocycles. The van der Waals surface area contributed by atoms with Crippen LogP contribution in [-0.2, 0) is 19.2 Å². The normalized spacial score (nSPS) is 29.9. The minimum Gasteiger partial charge on any atom is -0.507 e. The maximum Gasteiger partial charge on any atom is 0.241 e. The number of imide groups is 2. The van der Waals surface area contributed by atoms with Crippen molar-refractivity contribution in [1.82, 2.24) is 0 Å². The number of phenols is 1. The Morgan fingerprint density at radius 3 is 2.09 bits per heavy atom. The van der Waals surface area contributed by atoms with Gasteiger partial charge in [-0.3, -0.25) is 24.1 Å². The van der Waals surface area contributed by atoms with Crippen molar-refractivity contribution >= 4 is 46.6 Å². The van der Waals surface area contributed by atoms with Gasteiger partial charge in [0, 0.05) is 10.9 Å². The van der Waals surface area contributed by atoms with Gasteiger partial charge in [-0.1, -0.05) is 53.6 Å². The van der Waals surface area contributed by atoms with Crippen LogP contribution in [0.15, 0.2) is 78.4 Å². The first-order valence-electron chi connectivity index (χ1n) is 14.6. The Balaban J connectivity index is 1.38. The third-order valence-electron chi connectivity index (χ3n) is 10.2. The number of carbonyl (C=O) groups excluding carboxylic acids is 4. The van der Waals surface area contributed by atoms with Crippen molar-refractivity contribution in [3.05, 3.63) is 100 Å². The summed E-state index contributed by atoms with van der Waals surface area (Å²) in [7, 11) is 0. The fraction of sp³-hybridized carbons (Fsp3) is 0.314. The molecular weight excluding hydrogens is 564 g/mol. The summed E-state index contributed by atoms with van der Waals surface area (Å²) >= 11 is 6.08. The number of aromatic hydroxyl groups is 1. The number of hydrogen-bond donors (Lipinski definition) is 1. The quantitative estimate of drug-likeness (QED) is 0.292. The lowest BCUT2D eigenvalue weighted by Crippen LogP contribution is -2.49. The third kappa shape index (κ3) is 3.80. The van der Waals surface area contributed by atoms with Crippen molar-refractivity contribution in [2.24, 2.45) is 29.1 Å². The van der Waals surface area contributed by atoms with Crippen LogP contribution in [0.2, 0.25) is 5.02 Å². The number of fused-ring (bicyclic) bond motifs is 4. The van der Waals surface area contributed by atoms with E-state index in [2.05, 4.69) is 0 Å². The smallest absolute Gasteiger partial charge is 0.241 e. The molecule has 0 radical (unpaired) electrons. The first kappa shape index (κ1) is 27.6. The minimum absolute atomic E-state index is 0.186. The van der Waals surface area contributed by atoms with Crippen molar-refractivity contribution in [2.75, 3.05) is 9.80 Å². The number of amides is 4. The molecule has 1 saturated carbocycles. The van der Waals surface area contributed by atoms with Crippen LogP contribution in [0.25, 0.3) is 0 Å². The summed E-state index contributed by atoms with van der Waals surface area (Å²) in [5.41, 5.74) is 2.94. The number of phenolic OH excluding ortho intramolecular Hbond substituents is 1. The van der Waals surface area contributed by atoms with Crippen LogP contribution in [0.5, 0.6) is 5.75 Å². The highest BCUT2D eigenvalue weighted by Crippen LogP contribution is 2.64. The van der Waals surface area contributed by atoms with Crippen LogP contribution in [-0.4, -0.2) is 28.7 Å². The third-order valence-corrected chi connectivity index (χ3v) is 10.5.